The summed E-state index contributed by atoms with van der Waals surface area (Å²) >= 11 is 0. The highest BCUT2D eigenvalue weighted by molar-refractivity contribution is 5.29. The first-order chi connectivity index (χ1) is 12.2. The van der Waals surface area contributed by atoms with Crippen LogP contribution < -0.4 is 0 Å². The Morgan fingerprint density at radius 2 is 1.96 bits per heavy atom. The minimum absolute atomic E-state index is 0.346. The molecule has 0 heterocycles. The van der Waals surface area contributed by atoms with E-state index in [0.29, 0.717) is 16.7 Å². The summed E-state index contributed by atoms with van der Waals surface area (Å²) in [6.45, 7) is 16.2. The molecule has 0 amide bonds. The number of hydrogen-bond acceptors (Lipinski definition) is 1. The molecule has 0 saturated heterocycles. The molecule has 0 spiro atoms. The highest BCUT2D eigenvalue weighted by Gasteiger charge is 2.53. The van der Waals surface area contributed by atoms with Gasteiger partial charge in [0.05, 0.1) is 6.10 Å². The number of hydrogen-bond donors (Lipinski definition) is 1. The fourth-order valence-corrected chi connectivity index (χ4v) is 6.45. The molecule has 3 aliphatic carbocycles. The van der Waals surface area contributed by atoms with Gasteiger partial charge in [-0.15, -0.1) is 0 Å². The molecule has 1 nitrogen and oxygen atoms in total. The first kappa shape index (κ1) is 19.9. The van der Waals surface area contributed by atoms with E-state index in [1.165, 1.54) is 44.1 Å². The predicted molar refractivity (Wildman–Crippen MR) is 112 cm³/mol. The Hall–Kier alpha value is -0.820. The third-order valence-corrected chi connectivity index (χ3v) is 8.44. The summed E-state index contributed by atoms with van der Waals surface area (Å²) in [4.78, 5) is 0. The molecule has 0 radical (unpaired) electrons. The van der Waals surface area contributed by atoms with Crippen LogP contribution in [0.2, 0.25) is 0 Å². The summed E-state index contributed by atoms with van der Waals surface area (Å²) < 4.78 is 0. The van der Waals surface area contributed by atoms with Gasteiger partial charge in [-0.05, 0) is 79.1 Å². The molecule has 0 bridgehead atoms. The van der Waals surface area contributed by atoms with E-state index < -0.39 is 0 Å². The zero-order valence-electron chi connectivity index (χ0n) is 17.8. The summed E-state index contributed by atoms with van der Waals surface area (Å²) in [6.07, 6.45) is 14.4. The van der Waals surface area contributed by atoms with Crippen LogP contribution in [-0.2, 0) is 0 Å². The van der Waals surface area contributed by atoms with Crippen LogP contribution in [0.25, 0.3) is 0 Å². The van der Waals surface area contributed by atoms with Gasteiger partial charge in [0.2, 0.25) is 0 Å². The standard InChI is InChI=1S/C25H40O/c1-7-24(4,5)23-13-12-21-20(9-8-14-25(21,23)6)11-10-19-15-17(2)18(3)22(26)16-19/h10-11,17,21-23,26H,3,7-9,12-16H2,1-2,4-6H3/b19-10-,20-11+/t17-,21+,22-,23-,25+/m1/s1. The normalized spacial score (nSPS) is 41.7. The van der Waals surface area contributed by atoms with Crippen molar-refractivity contribution in [2.45, 2.75) is 92.1 Å². The Morgan fingerprint density at radius 3 is 2.62 bits per heavy atom. The first-order valence-electron chi connectivity index (χ1n) is 10.9. The van der Waals surface area contributed by atoms with Gasteiger partial charge < -0.3 is 5.11 Å². The van der Waals surface area contributed by atoms with Crippen molar-refractivity contribution < 1.29 is 5.11 Å². The van der Waals surface area contributed by atoms with Crippen molar-refractivity contribution in [1.29, 1.82) is 0 Å². The van der Waals surface area contributed by atoms with E-state index >= 15 is 0 Å². The predicted octanol–water partition coefficient (Wildman–Crippen LogP) is 6.84. The lowest BCUT2D eigenvalue weighted by Crippen LogP contribution is -2.39. The van der Waals surface area contributed by atoms with E-state index in [-0.39, 0.29) is 6.10 Å². The molecular weight excluding hydrogens is 316 g/mol. The van der Waals surface area contributed by atoms with Gasteiger partial charge in [-0.1, -0.05) is 70.9 Å². The van der Waals surface area contributed by atoms with E-state index in [1.807, 2.05) is 0 Å². The first-order valence-corrected chi connectivity index (χ1v) is 10.9. The van der Waals surface area contributed by atoms with Crippen molar-refractivity contribution in [1.82, 2.24) is 0 Å². The van der Waals surface area contributed by atoms with E-state index in [4.69, 9.17) is 0 Å². The van der Waals surface area contributed by atoms with Crippen LogP contribution in [0.1, 0.15) is 86.0 Å². The summed E-state index contributed by atoms with van der Waals surface area (Å²) in [6, 6.07) is 0. The second-order valence-electron chi connectivity index (χ2n) is 10.4. The minimum atomic E-state index is -0.346. The fourth-order valence-electron chi connectivity index (χ4n) is 6.45. The van der Waals surface area contributed by atoms with Crippen molar-refractivity contribution in [2.24, 2.45) is 28.6 Å². The van der Waals surface area contributed by atoms with Gasteiger partial charge in [0.25, 0.3) is 0 Å². The van der Waals surface area contributed by atoms with Crippen molar-refractivity contribution >= 4 is 0 Å². The lowest BCUT2D eigenvalue weighted by atomic mass is 9.57. The molecule has 0 aromatic heterocycles. The lowest BCUT2D eigenvalue weighted by molar-refractivity contribution is 0.0435. The minimum Gasteiger partial charge on any atom is -0.388 e. The van der Waals surface area contributed by atoms with Crippen LogP contribution in [0.3, 0.4) is 0 Å². The third-order valence-electron chi connectivity index (χ3n) is 8.44. The Balaban J connectivity index is 1.81. The summed E-state index contributed by atoms with van der Waals surface area (Å²) in [5, 5.41) is 10.2. The molecule has 1 N–H and O–H groups in total. The maximum Gasteiger partial charge on any atom is 0.0787 e. The van der Waals surface area contributed by atoms with Gasteiger partial charge in [-0.3, -0.25) is 0 Å². The average molecular weight is 357 g/mol. The van der Waals surface area contributed by atoms with Crippen molar-refractivity contribution in [3.05, 3.63) is 35.5 Å². The Morgan fingerprint density at radius 1 is 1.23 bits per heavy atom. The third kappa shape index (κ3) is 3.49. The SMILES string of the molecule is C=C1[C@H](C)C/C(=C/C=C2\CCC[C@]3(C)[C@@H](C(C)(C)CC)CC[C@@H]23)C[C@H]1O. The average Bonchev–Trinajstić information content (AvgIpc) is 2.96. The van der Waals surface area contributed by atoms with E-state index in [2.05, 4.69) is 53.3 Å². The zero-order chi connectivity index (χ0) is 19.1. The van der Waals surface area contributed by atoms with Crippen LogP contribution in [0.15, 0.2) is 35.5 Å². The topological polar surface area (TPSA) is 20.2 Å². The van der Waals surface area contributed by atoms with Crippen molar-refractivity contribution in [2.75, 3.05) is 0 Å². The zero-order valence-corrected chi connectivity index (χ0v) is 17.8. The van der Waals surface area contributed by atoms with Crippen molar-refractivity contribution in [3.63, 3.8) is 0 Å². The number of allylic oxidation sites excluding steroid dienone is 3. The maximum atomic E-state index is 10.2. The molecule has 0 aromatic rings. The van der Waals surface area contributed by atoms with Crippen LogP contribution in [0.5, 0.6) is 0 Å². The molecule has 26 heavy (non-hydrogen) atoms. The molecule has 0 aliphatic heterocycles. The van der Waals surface area contributed by atoms with Crippen LogP contribution in [0, 0.1) is 28.6 Å². The molecular formula is C25H40O. The van der Waals surface area contributed by atoms with Crippen LogP contribution >= 0.6 is 0 Å². The summed E-state index contributed by atoms with van der Waals surface area (Å²) in [5.41, 5.74) is 5.04. The largest absolute Gasteiger partial charge is 0.388 e. The van der Waals surface area contributed by atoms with Gasteiger partial charge in [0, 0.05) is 0 Å². The highest BCUT2D eigenvalue weighted by atomic mass is 16.3. The molecule has 3 rings (SSSR count). The van der Waals surface area contributed by atoms with Gasteiger partial charge in [-0.25, -0.2) is 0 Å². The lowest BCUT2D eigenvalue weighted by Gasteiger charge is -2.48. The molecule has 0 unspecified atom stereocenters. The number of aliphatic hydroxyl groups excluding tert-OH is 1. The smallest absolute Gasteiger partial charge is 0.0787 e. The molecule has 146 valence electrons. The molecule has 1 heteroatoms. The summed E-state index contributed by atoms with van der Waals surface area (Å²) in [5.74, 6) is 2.02. The van der Waals surface area contributed by atoms with Gasteiger partial charge in [0.1, 0.15) is 0 Å². The fraction of sp³-hybridized carbons (Fsp3) is 0.760. The van der Waals surface area contributed by atoms with Crippen LogP contribution in [0.4, 0.5) is 0 Å². The van der Waals surface area contributed by atoms with E-state index in [0.717, 1.165) is 30.3 Å². The molecule has 0 aromatic carbocycles. The molecule has 5 atom stereocenters. The number of fused-ring (bicyclic) bond motifs is 1. The molecule has 3 fully saturated rings. The number of aliphatic hydroxyl groups is 1. The Labute approximate surface area is 161 Å². The Kier molecular flexibility index (Phi) is 5.60. The second kappa shape index (κ2) is 7.30. The summed E-state index contributed by atoms with van der Waals surface area (Å²) in [7, 11) is 0. The van der Waals surface area contributed by atoms with Gasteiger partial charge in [-0.2, -0.15) is 0 Å². The van der Waals surface area contributed by atoms with Gasteiger partial charge >= 0.3 is 0 Å². The quantitative estimate of drug-likeness (QED) is 0.549. The molecule has 3 saturated carbocycles. The van der Waals surface area contributed by atoms with E-state index in [1.54, 1.807) is 5.57 Å². The monoisotopic (exact) mass is 356 g/mol. The Bertz CT molecular complexity index is 592. The van der Waals surface area contributed by atoms with E-state index in [9.17, 15) is 5.11 Å². The highest BCUT2D eigenvalue weighted by Crippen LogP contribution is 2.62. The van der Waals surface area contributed by atoms with Crippen molar-refractivity contribution in [3.8, 4) is 0 Å². The van der Waals surface area contributed by atoms with Crippen LogP contribution in [-0.4, -0.2) is 11.2 Å². The number of rotatable bonds is 3. The maximum absolute atomic E-state index is 10.2. The second-order valence-corrected chi connectivity index (χ2v) is 10.4. The molecule has 3 aliphatic rings. The van der Waals surface area contributed by atoms with Gasteiger partial charge in [0.15, 0.2) is 0 Å².